The molecule has 0 fully saturated rings. The molecule has 1 aliphatic heterocycles. The second kappa shape index (κ2) is 6.76. The Bertz CT molecular complexity index is 979. The van der Waals surface area contributed by atoms with Gasteiger partial charge in [0, 0.05) is 33.6 Å². The lowest BCUT2D eigenvalue weighted by molar-refractivity contribution is 0.274. The third-order valence-corrected chi connectivity index (χ3v) is 4.75. The fraction of sp³-hybridized carbons (Fsp3) is 0.105. The lowest BCUT2D eigenvalue weighted by atomic mass is 9.87. The Balaban J connectivity index is 1.81. The van der Waals surface area contributed by atoms with Gasteiger partial charge in [0.05, 0.1) is 5.92 Å². The molecule has 2 heterocycles. The number of hydrogen-bond donors (Lipinski definition) is 2. The predicted molar refractivity (Wildman–Crippen MR) is 101 cm³/mol. The zero-order chi connectivity index (χ0) is 18.1. The van der Waals surface area contributed by atoms with Crippen molar-refractivity contribution in [2.45, 2.75) is 5.92 Å². The van der Waals surface area contributed by atoms with Crippen molar-refractivity contribution in [3.8, 4) is 22.6 Å². The van der Waals surface area contributed by atoms with Gasteiger partial charge in [-0.3, -0.25) is 5.41 Å². The highest BCUT2D eigenvalue weighted by atomic mass is 79.9. The number of halogens is 1. The van der Waals surface area contributed by atoms with Gasteiger partial charge >= 0.3 is 0 Å². The van der Waals surface area contributed by atoms with E-state index in [1.54, 1.807) is 12.4 Å². The van der Waals surface area contributed by atoms with Crippen molar-refractivity contribution in [3.63, 3.8) is 0 Å². The van der Waals surface area contributed by atoms with Crippen molar-refractivity contribution < 1.29 is 9.47 Å². The maximum atomic E-state index is 7.40. The SMILES string of the molecule is N=C(N)OCC1c2cc(Br)ccc2Oc2ccc(-c3cncnc3)cc21. The molecule has 0 aliphatic carbocycles. The van der Waals surface area contributed by atoms with Crippen LogP contribution in [0.3, 0.4) is 0 Å². The molecule has 1 aromatic heterocycles. The zero-order valence-corrected chi connectivity index (χ0v) is 15.2. The molecule has 4 rings (SSSR count). The molecule has 0 saturated heterocycles. The molecule has 0 bridgehead atoms. The summed E-state index contributed by atoms with van der Waals surface area (Å²) in [5.41, 5.74) is 9.26. The standard InChI is InChI=1S/C19H15BrN4O2/c20-13-2-4-18-15(6-13)16(9-25-19(21)22)14-5-11(1-3-17(14)26-18)12-7-23-10-24-8-12/h1-8,10,16H,9H2,(H3,21,22). The molecular formula is C19H15BrN4O2. The summed E-state index contributed by atoms with van der Waals surface area (Å²) in [7, 11) is 0. The van der Waals surface area contributed by atoms with E-state index < -0.39 is 0 Å². The van der Waals surface area contributed by atoms with Crippen LogP contribution in [0.15, 0.2) is 59.6 Å². The summed E-state index contributed by atoms with van der Waals surface area (Å²) in [5, 5.41) is 7.40. The number of aromatic nitrogens is 2. The normalized spacial score (nSPS) is 14.7. The molecular weight excluding hydrogens is 396 g/mol. The molecule has 3 aromatic rings. The van der Waals surface area contributed by atoms with Crippen LogP contribution in [-0.2, 0) is 4.74 Å². The van der Waals surface area contributed by atoms with E-state index in [0.717, 1.165) is 38.2 Å². The highest BCUT2D eigenvalue weighted by Gasteiger charge is 2.29. The molecule has 3 N–H and O–H groups in total. The molecule has 2 aromatic carbocycles. The van der Waals surface area contributed by atoms with Crippen molar-refractivity contribution in [2.24, 2.45) is 5.73 Å². The van der Waals surface area contributed by atoms with E-state index in [1.807, 2.05) is 36.4 Å². The number of amidine groups is 1. The van der Waals surface area contributed by atoms with Crippen LogP contribution in [0.25, 0.3) is 11.1 Å². The van der Waals surface area contributed by atoms with E-state index in [9.17, 15) is 0 Å². The van der Waals surface area contributed by atoms with E-state index in [0.29, 0.717) is 0 Å². The zero-order valence-electron chi connectivity index (χ0n) is 13.6. The summed E-state index contributed by atoms with van der Waals surface area (Å²) in [6.45, 7) is 0.254. The second-order valence-corrected chi connectivity index (χ2v) is 6.81. The Labute approximate surface area is 158 Å². The fourth-order valence-electron chi connectivity index (χ4n) is 3.06. The van der Waals surface area contributed by atoms with E-state index in [-0.39, 0.29) is 18.5 Å². The quantitative estimate of drug-likeness (QED) is 0.501. The van der Waals surface area contributed by atoms with Crippen LogP contribution < -0.4 is 10.5 Å². The summed E-state index contributed by atoms with van der Waals surface area (Å²) >= 11 is 3.51. The number of nitrogens with two attached hydrogens (primary N) is 1. The number of fused-ring (bicyclic) bond motifs is 2. The van der Waals surface area contributed by atoms with Gasteiger partial charge in [-0.25, -0.2) is 9.97 Å². The van der Waals surface area contributed by atoms with Gasteiger partial charge < -0.3 is 15.2 Å². The van der Waals surface area contributed by atoms with Gasteiger partial charge in [0.2, 0.25) is 0 Å². The molecule has 26 heavy (non-hydrogen) atoms. The van der Waals surface area contributed by atoms with E-state index in [4.69, 9.17) is 20.6 Å². The first-order valence-electron chi connectivity index (χ1n) is 7.95. The highest BCUT2D eigenvalue weighted by Crippen LogP contribution is 2.46. The maximum Gasteiger partial charge on any atom is 0.279 e. The van der Waals surface area contributed by atoms with Gasteiger partial charge in [-0.15, -0.1) is 0 Å². The first-order chi connectivity index (χ1) is 12.6. The van der Waals surface area contributed by atoms with Crippen LogP contribution in [0.4, 0.5) is 0 Å². The van der Waals surface area contributed by atoms with Crippen molar-refractivity contribution in [2.75, 3.05) is 6.61 Å². The average molecular weight is 411 g/mol. The first kappa shape index (κ1) is 16.5. The Morgan fingerprint density at radius 2 is 1.77 bits per heavy atom. The number of hydrogen-bond acceptors (Lipinski definition) is 5. The van der Waals surface area contributed by atoms with Gasteiger partial charge in [-0.05, 0) is 35.9 Å². The minimum absolute atomic E-state index is 0.111. The van der Waals surface area contributed by atoms with Crippen LogP contribution in [0.2, 0.25) is 0 Å². The molecule has 7 heteroatoms. The third kappa shape index (κ3) is 3.13. The van der Waals surface area contributed by atoms with Crippen LogP contribution in [-0.4, -0.2) is 22.6 Å². The molecule has 0 spiro atoms. The van der Waals surface area contributed by atoms with Crippen LogP contribution in [0.5, 0.6) is 11.5 Å². The van der Waals surface area contributed by atoms with Gasteiger partial charge in [0.1, 0.15) is 24.4 Å². The molecule has 1 unspecified atom stereocenters. The minimum atomic E-state index is -0.304. The highest BCUT2D eigenvalue weighted by molar-refractivity contribution is 9.10. The largest absolute Gasteiger partial charge is 0.465 e. The molecule has 1 aliphatic rings. The molecule has 0 amide bonds. The fourth-order valence-corrected chi connectivity index (χ4v) is 3.44. The smallest absolute Gasteiger partial charge is 0.279 e. The second-order valence-electron chi connectivity index (χ2n) is 5.89. The maximum absolute atomic E-state index is 7.40. The van der Waals surface area contributed by atoms with E-state index >= 15 is 0 Å². The Hall–Kier alpha value is -2.93. The van der Waals surface area contributed by atoms with Crippen LogP contribution >= 0.6 is 15.9 Å². The topological polar surface area (TPSA) is 94.1 Å². The Kier molecular flexibility index (Phi) is 4.30. The number of nitrogens with one attached hydrogen (secondary N) is 1. The van der Waals surface area contributed by atoms with Gasteiger partial charge in [0.15, 0.2) is 0 Å². The summed E-state index contributed by atoms with van der Waals surface area (Å²) in [4.78, 5) is 8.16. The lowest BCUT2D eigenvalue weighted by Crippen LogP contribution is -2.21. The third-order valence-electron chi connectivity index (χ3n) is 4.25. The van der Waals surface area contributed by atoms with Crippen molar-refractivity contribution in [1.29, 1.82) is 5.41 Å². The summed E-state index contributed by atoms with van der Waals surface area (Å²) in [6, 6.07) is 11.5. The molecule has 130 valence electrons. The average Bonchev–Trinajstić information content (AvgIpc) is 2.65. The first-order valence-corrected chi connectivity index (χ1v) is 8.74. The van der Waals surface area contributed by atoms with Gasteiger partial charge in [-0.1, -0.05) is 22.0 Å². The van der Waals surface area contributed by atoms with E-state index in [2.05, 4.69) is 25.9 Å². The van der Waals surface area contributed by atoms with Crippen LogP contribution in [0.1, 0.15) is 17.0 Å². The van der Waals surface area contributed by atoms with Gasteiger partial charge in [-0.2, -0.15) is 0 Å². The number of rotatable bonds is 3. The van der Waals surface area contributed by atoms with Crippen molar-refractivity contribution >= 4 is 22.0 Å². The van der Waals surface area contributed by atoms with Crippen LogP contribution in [0, 0.1) is 5.41 Å². The Morgan fingerprint density at radius 3 is 2.50 bits per heavy atom. The lowest BCUT2D eigenvalue weighted by Gasteiger charge is -2.28. The monoisotopic (exact) mass is 410 g/mol. The molecule has 6 nitrogen and oxygen atoms in total. The molecule has 0 saturated carbocycles. The number of benzene rings is 2. The Morgan fingerprint density at radius 1 is 1.08 bits per heavy atom. The molecule has 1 atom stereocenters. The van der Waals surface area contributed by atoms with E-state index in [1.165, 1.54) is 6.33 Å². The van der Waals surface area contributed by atoms with Crippen molar-refractivity contribution in [1.82, 2.24) is 9.97 Å². The number of nitrogens with zero attached hydrogens (tertiary/aromatic N) is 2. The summed E-state index contributed by atoms with van der Waals surface area (Å²) < 4.78 is 12.4. The molecule has 0 radical (unpaired) electrons. The number of ether oxygens (including phenoxy) is 2. The summed E-state index contributed by atoms with van der Waals surface area (Å²) in [5.74, 6) is 1.42. The van der Waals surface area contributed by atoms with Crippen molar-refractivity contribution in [3.05, 3.63) is 70.7 Å². The predicted octanol–water partition coefficient (Wildman–Crippen LogP) is 4.05. The van der Waals surface area contributed by atoms with Gasteiger partial charge in [0.25, 0.3) is 6.02 Å². The summed E-state index contributed by atoms with van der Waals surface area (Å²) in [6.07, 6.45) is 5.04. The minimum Gasteiger partial charge on any atom is -0.465 e.